The Bertz CT molecular complexity index is 522. The minimum absolute atomic E-state index is 0.366. The van der Waals surface area contributed by atoms with E-state index in [9.17, 15) is 14.7 Å². The van der Waals surface area contributed by atoms with Crippen molar-refractivity contribution in [3.8, 4) is 0 Å². The quantitative estimate of drug-likeness (QED) is 0.814. The van der Waals surface area contributed by atoms with Crippen molar-refractivity contribution in [2.45, 2.75) is 58.5 Å². The molecule has 1 aromatic rings. The smallest absolute Gasteiger partial charge is 0.408 e. The first-order valence-electron chi connectivity index (χ1n) is 7.53. The van der Waals surface area contributed by atoms with Crippen molar-refractivity contribution in [2.24, 2.45) is 0 Å². The monoisotopic (exact) mass is 323 g/mol. The van der Waals surface area contributed by atoms with Gasteiger partial charge < -0.3 is 19.9 Å². The molecule has 0 fully saturated rings. The molecular weight excluding hydrogens is 298 g/mol. The van der Waals surface area contributed by atoms with E-state index >= 15 is 0 Å². The number of esters is 1. The van der Waals surface area contributed by atoms with Crippen LogP contribution in [0.15, 0.2) is 30.3 Å². The maximum atomic E-state index is 12.0. The van der Waals surface area contributed by atoms with E-state index in [4.69, 9.17) is 9.47 Å². The summed E-state index contributed by atoms with van der Waals surface area (Å²) in [5, 5.41) is 12.8. The van der Waals surface area contributed by atoms with Crippen LogP contribution in [0.2, 0.25) is 0 Å². The van der Waals surface area contributed by atoms with Crippen LogP contribution in [0.25, 0.3) is 0 Å². The molecule has 0 radical (unpaired) electrons. The lowest BCUT2D eigenvalue weighted by atomic mass is 10.0. The van der Waals surface area contributed by atoms with Crippen LogP contribution in [0.3, 0.4) is 0 Å². The Morgan fingerprint density at radius 3 is 2.17 bits per heavy atom. The molecule has 2 N–H and O–H groups in total. The van der Waals surface area contributed by atoms with Gasteiger partial charge in [0.25, 0.3) is 0 Å². The molecule has 1 amide bonds. The SMILES string of the molecule is CC(C)OC(=O)[C@@H](O)[C@H](NC(=O)OC(C)(C)C)c1ccccc1. The van der Waals surface area contributed by atoms with Gasteiger partial charge in [-0.2, -0.15) is 0 Å². The van der Waals surface area contributed by atoms with Gasteiger partial charge in [0.05, 0.1) is 12.1 Å². The Labute approximate surface area is 136 Å². The number of nitrogens with one attached hydrogen (secondary N) is 1. The highest BCUT2D eigenvalue weighted by molar-refractivity contribution is 5.77. The highest BCUT2D eigenvalue weighted by Crippen LogP contribution is 2.19. The number of ether oxygens (including phenoxy) is 2. The van der Waals surface area contributed by atoms with Gasteiger partial charge in [-0.05, 0) is 40.2 Å². The molecular formula is C17H25NO5. The van der Waals surface area contributed by atoms with Gasteiger partial charge in [0, 0.05) is 0 Å². The summed E-state index contributed by atoms with van der Waals surface area (Å²) < 4.78 is 10.2. The van der Waals surface area contributed by atoms with Crippen LogP contribution in [0.5, 0.6) is 0 Å². The molecule has 1 rings (SSSR count). The molecule has 1 aromatic carbocycles. The molecule has 0 aliphatic rings. The Morgan fingerprint density at radius 1 is 1.13 bits per heavy atom. The summed E-state index contributed by atoms with van der Waals surface area (Å²) in [6, 6.07) is 7.74. The van der Waals surface area contributed by atoms with Gasteiger partial charge in [-0.1, -0.05) is 30.3 Å². The van der Waals surface area contributed by atoms with Crippen LogP contribution in [0.4, 0.5) is 4.79 Å². The highest BCUT2D eigenvalue weighted by Gasteiger charge is 2.32. The average Bonchev–Trinajstić information content (AvgIpc) is 2.42. The summed E-state index contributed by atoms with van der Waals surface area (Å²) in [4.78, 5) is 24.0. The number of hydrogen-bond acceptors (Lipinski definition) is 5. The standard InChI is InChI=1S/C17H25NO5/c1-11(2)22-15(20)14(19)13(12-9-7-6-8-10-12)18-16(21)23-17(3,4)5/h6-11,13-14,19H,1-5H3,(H,18,21)/t13-,14+/m1/s1. The van der Waals surface area contributed by atoms with Crippen molar-refractivity contribution in [2.75, 3.05) is 0 Å². The number of hydrogen-bond donors (Lipinski definition) is 2. The number of alkyl carbamates (subject to hydrolysis) is 1. The fourth-order valence-electron chi connectivity index (χ4n) is 1.88. The van der Waals surface area contributed by atoms with E-state index in [2.05, 4.69) is 5.32 Å². The molecule has 2 atom stereocenters. The molecule has 0 spiro atoms. The molecule has 6 nitrogen and oxygen atoms in total. The maximum Gasteiger partial charge on any atom is 0.408 e. The van der Waals surface area contributed by atoms with Crippen LogP contribution >= 0.6 is 0 Å². The molecule has 0 heterocycles. The van der Waals surface area contributed by atoms with Crippen molar-refractivity contribution in [3.63, 3.8) is 0 Å². The zero-order valence-electron chi connectivity index (χ0n) is 14.2. The van der Waals surface area contributed by atoms with Gasteiger partial charge in [-0.25, -0.2) is 9.59 Å². The van der Waals surface area contributed by atoms with Crippen LogP contribution in [-0.4, -0.2) is 35.0 Å². The fourth-order valence-corrected chi connectivity index (χ4v) is 1.88. The number of amides is 1. The summed E-state index contributed by atoms with van der Waals surface area (Å²) in [7, 11) is 0. The number of carbonyl (C=O) groups excluding carboxylic acids is 2. The van der Waals surface area contributed by atoms with E-state index in [1.807, 2.05) is 0 Å². The van der Waals surface area contributed by atoms with Crippen LogP contribution in [0.1, 0.15) is 46.2 Å². The predicted octanol–water partition coefficient (Wildman–Crippen LogP) is 2.56. The first-order valence-corrected chi connectivity index (χ1v) is 7.53. The second-order valence-corrected chi connectivity index (χ2v) is 6.47. The zero-order valence-corrected chi connectivity index (χ0v) is 14.2. The van der Waals surface area contributed by atoms with E-state index in [0.717, 1.165) is 0 Å². The molecule has 0 bridgehead atoms. The molecule has 128 valence electrons. The third-order valence-electron chi connectivity index (χ3n) is 2.74. The van der Waals surface area contributed by atoms with E-state index in [1.54, 1.807) is 65.0 Å². The Hall–Kier alpha value is -2.08. The van der Waals surface area contributed by atoms with Gasteiger partial charge in [0.1, 0.15) is 5.60 Å². The Morgan fingerprint density at radius 2 is 1.70 bits per heavy atom. The minimum atomic E-state index is -1.53. The van der Waals surface area contributed by atoms with Gasteiger partial charge in [-0.15, -0.1) is 0 Å². The first-order chi connectivity index (χ1) is 10.6. The van der Waals surface area contributed by atoms with Crippen molar-refractivity contribution in [1.29, 1.82) is 0 Å². The summed E-state index contributed by atoms with van der Waals surface area (Å²) >= 11 is 0. The van der Waals surface area contributed by atoms with E-state index < -0.39 is 29.8 Å². The Kier molecular flexibility index (Phi) is 6.57. The van der Waals surface area contributed by atoms with Crippen LogP contribution in [-0.2, 0) is 14.3 Å². The first kappa shape index (κ1) is 19.0. The van der Waals surface area contributed by atoms with Gasteiger partial charge in [0.2, 0.25) is 0 Å². The van der Waals surface area contributed by atoms with Crippen LogP contribution < -0.4 is 5.32 Å². The second-order valence-electron chi connectivity index (χ2n) is 6.47. The van der Waals surface area contributed by atoms with Crippen molar-refractivity contribution < 1.29 is 24.2 Å². The summed E-state index contributed by atoms with van der Waals surface area (Å²) in [5.41, 5.74) is -0.110. The molecule has 0 saturated carbocycles. The van der Waals surface area contributed by atoms with Gasteiger partial charge in [0.15, 0.2) is 6.10 Å². The molecule has 6 heteroatoms. The largest absolute Gasteiger partial charge is 0.461 e. The zero-order chi connectivity index (χ0) is 17.6. The van der Waals surface area contributed by atoms with E-state index in [0.29, 0.717) is 5.56 Å². The predicted molar refractivity (Wildman–Crippen MR) is 85.8 cm³/mol. The third kappa shape index (κ3) is 6.69. The molecule has 23 heavy (non-hydrogen) atoms. The van der Waals surface area contributed by atoms with Crippen molar-refractivity contribution >= 4 is 12.1 Å². The number of benzene rings is 1. The van der Waals surface area contributed by atoms with Gasteiger partial charge >= 0.3 is 12.1 Å². The molecule has 0 aliphatic heterocycles. The van der Waals surface area contributed by atoms with Crippen molar-refractivity contribution in [1.82, 2.24) is 5.32 Å². The van der Waals surface area contributed by atoms with Crippen LogP contribution in [0, 0.1) is 0 Å². The second kappa shape index (κ2) is 7.97. The number of aliphatic hydroxyl groups is 1. The molecule has 0 saturated heterocycles. The summed E-state index contributed by atoms with van der Waals surface area (Å²) in [6.45, 7) is 8.56. The molecule has 0 aliphatic carbocycles. The lowest BCUT2D eigenvalue weighted by molar-refractivity contribution is -0.159. The molecule has 0 unspecified atom stereocenters. The maximum absolute atomic E-state index is 12.0. The number of rotatable bonds is 5. The molecule has 0 aromatic heterocycles. The topological polar surface area (TPSA) is 84.9 Å². The number of aliphatic hydroxyl groups excluding tert-OH is 1. The van der Waals surface area contributed by atoms with Crippen molar-refractivity contribution in [3.05, 3.63) is 35.9 Å². The Balaban J connectivity index is 2.94. The third-order valence-corrected chi connectivity index (χ3v) is 2.74. The van der Waals surface area contributed by atoms with E-state index in [1.165, 1.54) is 0 Å². The summed E-state index contributed by atoms with van der Waals surface area (Å²) in [6.07, 6.45) is -2.62. The normalized spacial score (nSPS) is 14.0. The number of carbonyl (C=O) groups is 2. The highest BCUT2D eigenvalue weighted by atomic mass is 16.6. The fraction of sp³-hybridized carbons (Fsp3) is 0.529. The minimum Gasteiger partial charge on any atom is -0.461 e. The van der Waals surface area contributed by atoms with Gasteiger partial charge in [-0.3, -0.25) is 0 Å². The lowest BCUT2D eigenvalue weighted by Crippen LogP contribution is -2.43. The average molecular weight is 323 g/mol. The summed E-state index contributed by atoms with van der Waals surface area (Å²) in [5.74, 6) is -0.801. The lowest BCUT2D eigenvalue weighted by Gasteiger charge is -2.26. The van der Waals surface area contributed by atoms with E-state index in [-0.39, 0.29) is 6.10 Å².